The van der Waals surface area contributed by atoms with Gasteiger partial charge in [-0.2, -0.15) is 0 Å². The minimum atomic E-state index is 0.277. The normalized spacial score (nSPS) is 31.3. The van der Waals surface area contributed by atoms with Crippen molar-refractivity contribution in [2.45, 2.75) is 57.5 Å². The molecular weight excluding hydrogens is 208 g/mol. The zero-order valence-corrected chi connectivity index (χ0v) is 11.5. The van der Waals surface area contributed by atoms with Gasteiger partial charge >= 0.3 is 0 Å². The van der Waals surface area contributed by atoms with E-state index >= 15 is 0 Å². The molecule has 2 nitrogen and oxygen atoms in total. The second-order valence-electron chi connectivity index (χ2n) is 6.39. The Hall–Kier alpha value is -0.340. The van der Waals surface area contributed by atoms with Crippen LogP contribution in [-0.4, -0.2) is 36.1 Å². The summed E-state index contributed by atoms with van der Waals surface area (Å²) >= 11 is 0. The fraction of sp³-hybridized carbons (Fsp3) is 0.867. The van der Waals surface area contributed by atoms with Crippen LogP contribution in [0.5, 0.6) is 0 Å². The van der Waals surface area contributed by atoms with Crippen molar-refractivity contribution >= 4 is 0 Å². The van der Waals surface area contributed by atoms with Gasteiger partial charge in [-0.1, -0.05) is 25.3 Å². The predicted octanol–water partition coefficient (Wildman–Crippen LogP) is 2.81. The molecule has 0 aromatic rings. The summed E-state index contributed by atoms with van der Waals surface area (Å²) in [5.41, 5.74) is 0.277. The lowest BCUT2D eigenvalue weighted by Crippen LogP contribution is -2.63. The van der Waals surface area contributed by atoms with E-state index in [1.807, 2.05) is 6.08 Å². The van der Waals surface area contributed by atoms with E-state index in [1.165, 1.54) is 38.6 Å². The summed E-state index contributed by atoms with van der Waals surface area (Å²) in [5, 5.41) is 3.79. The van der Waals surface area contributed by atoms with Crippen LogP contribution in [0.1, 0.15) is 46.0 Å². The quantitative estimate of drug-likeness (QED) is 0.758. The maximum atomic E-state index is 3.90. The Morgan fingerprint density at radius 1 is 1.29 bits per heavy atom. The summed E-state index contributed by atoms with van der Waals surface area (Å²) in [6.45, 7) is 11.9. The van der Waals surface area contributed by atoms with E-state index in [1.54, 1.807) is 0 Å². The molecule has 0 radical (unpaired) electrons. The molecule has 17 heavy (non-hydrogen) atoms. The molecule has 0 aromatic heterocycles. The Morgan fingerprint density at radius 2 is 2.00 bits per heavy atom. The van der Waals surface area contributed by atoms with Gasteiger partial charge in [0.1, 0.15) is 0 Å². The highest BCUT2D eigenvalue weighted by Gasteiger charge is 2.36. The topological polar surface area (TPSA) is 15.3 Å². The Labute approximate surface area is 106 Å². The van der Waals surface area contributed by atoms with Gasteiger partial charge in [-0.15, -0.1) is 6.58 Å². The van der Waals surface area contributed by atoms with Crippen LogP contribution in [0.4, 0.5) is 0 Å². The molecule has 1 unspecified atom stereocenters. The summed E-state index contributed by atoms with van der Waals surface area (Å²) in [5.74, 6) is 0.909. The van der Waals surface area contributed by atoms with Crippen LogP contribution >= 0.6 is 0 Å². The third kappa shape index (κ3) is 3.11. The van der Waals surface area contributed by atoms with Gasteiger partial charge in [0.15, 0.2) is 0 Å². The van der Waals surface area contributed by atoms with Gasteiger partial charge in [-0.25, -0.2) is 0 Å². The summed E-state index contributed by atoms with van der Waals surface area (Å²) < 4.78 is 0. The van der Waals surface area contributed by atoms with Gasteiger partial charge < -0.3 is 5.32 Å². The monoisotopic (exact) mass is 236 g/mol. The van der Waals surface area contributed by atoms with Crippen LogP contribution in [-0.2, 0) is 0 Å². The lowest BCUT2D eigenvalue weighted by molar-refractivity contribution is 0.0544. The average Bonchev–Trinajstić information content (AvgIpc) is 2.33. The average molecular weight is 236 g/mol. The first-order valence-corrected chi connectivity index (χ1v) is 7.23. The Balaban J connectivity index is 1.95. The van der Waals surface area contributed by atoms with Gasteiger partial charge in [0.2, 0.25) is 0 Å². The molecule has 1 aliphatic carbocycles. The molecule has 1 N–H and O–H groups in total. The van der Waals surface area contributed by atoms with Crippen molar-refractivity contribution in [3.63, 3.8) is 0 Å². The van der Waals surface area contributed by atoms with Crippen molar-refractivity contribution < 1.29 is 0 Å². The van der Waals surface area contributed by atoms with Gasteiger partial charge in [-0.05, 0) is 32.6 Å². The maximum absolute atomic E-state index is 3.90. The molecule has 0 spiro atoms. The Bertz CT molecular complexity index is 254. The molecule has 1 saturated heterocycles. The molecule has 2 aliphatic rings. The van der Waals surface area contributed by atoms with E-state index in [0.717, 1.165) is 19.0 Å². The van der Waals surface area contributed by atoms with Crippen LogP contribution < -0.4 is 5.32 Å². The van der Waals surface area contributed by atoms with Crippen LogP contribution in [0.2, 0.25) is 0 Å². The van der Waals surface area contributed by atoms with Crippen LogP contribution in [0.25, 0.3) is 0 Å². The highest BCUT2D eigenvalue weighted by Crippen LogP contribution is 2.30. The van der Waals surface area contributed by atoms with Crippen molar-refractivity contribution in [2.75, 3.05) is 19.6 Å². The lowest BCUT2D eigenvalue weighted by atomic mass is 9.81. The zero-order chi connectivity index (χ0) is 12.3. The van der Waals surface area contributed by atoms with E-state index in [2.05, 4.69) is 30.6 Å². The predicted molar refractivity (Wildman–Crippen MR) is 74.2 cm³/mol. The molecule has 1 heterocycles. The molecule has 2 fully saturated rings. The molecule has 0 amide bonds. The first kappa shape index (κ1) is 13.1. The first-order valence-electron chi connectivity index (χ1n) is 7.23. The molecule has 1 aliphatic heterocycles. The van der Waals surface area contributed by atoms with E-state index in [-0.39, 0.29) is 5.54 Å². The first-order chi connectivity index (χ1) is 8.13. The van der Waals surface area contributed by atoms with Gasteiger partial charge in [-0.3, -0.25) is 4.90 Å². The smallest absolute Gasteiger partial charge is 0.0281 e. The number of piperazine rings is 1. The molecule has 2 rings (SSSR count). The van der Waals surface area contributed by atoms with Gasteiger partial charge in [0, 0.05) is 31.2 Å². The van der Waals surface area contributed by atoms with Crippen molar-refractivity contribution in [3.05, 3.63) is 12.7 Å². The number of hydrogen-bond donors (Lipinski definition) is 1. The number of hydrogen-bond acceptors (Lipinski definition) is 2. The number of rotatable bonds is 3. The second-order valence-corrected chi connectivity index (χ2v) is 6.39. The SMILES string of the molecule is C=CCN1CC(C2CCCCC2)NCC1(C)C. The molecule has 0 bridgehead atoms. The summed E-state index contributed by atoms with van der Waals surface area (Å²) in [7, 11) is 0. The molecule has 1 atom stereocenters. The molecule has 2 heteroatoms. The highest BCUT2D eigenvalue weighted by molar-refractivity contribution is 4.97. The highest BCUT2D eigenvalue weighted by atomic mass is 15.3. The van der Waals surface area contributed by atoms with E-state index in [9.17, 15) is 0 Å². The molecule has 0 aromatic carbocycles. The Morgan fingerprint density at radius 3 is 2.65 bits per heavy atom. The maximum Gasteiger partial charge on any atom is 0.0281 e. The molecule has 98 valence electrons. The van der Waals surface area contributed by atoms with Crippen LogP contribution in [0.15, 0.2) is 12.7 Å². The van der Waals surface area contributed by atoms with E-state index in [0.29, 0.717) is 6.04 Å². The van der Waals surface area contributed by atoms with Crippen molar-refractivity contribution in [3.8, 4) is 0 Å². The minimum Gasteiger partial charge on any atom is -0.311 e. The standard InChI is InChI=1S/C15H28N2/c1-4-10-17-11-14(16-12-15(17,2)3)13-8-6-5-7-9-13/h4,13-14,16H,1,5-12H2,2-3H3. The zero-order valence-electron chi connectivity index (χ0n) is 11.5. The summed E-state index contributed by atoms with van der Waals surface area (Å²) in [6, 6.07) is 0.711. The van der Waals surface area contributed by atoms with E-state index in [4.69, 9.17) is 0 Å². The molecule has 1 saturated carbocycles. The van der Waals surface area contributed by atoms with Crippen molar-refractivity contribution in [2.24, 2.45) is 5.92 Å². The number of nitrogens with zero attached hydrogens (tertiary/aromatic N) is 1. The fourth-order valence-electron chi connectivity index (χ4n) is 3.37. The van der Waals surface area contributed by atoms with Crippen molar-refractivity contribution in [1.82, 2.24) is 10.2 Å². The minimum absolute atomic E-state index is 0.277. The largest absolute Gasteiger partial charge is 0.311 e. The van der Waals surface area contributed by atoms with Crippen molar-refractivity contribution in [1.29, 1.82) is 0 Å². The third-order valence-electron chi connectivity index (χ3n) is 4.64. The lowest BCUT2D eigenvalue weighted by Gasteiger charge is -2.48. The van der Waals surface area contributed by atoms with Crippen LogP contribution in [0, 0.1) is 5.92 Å². The van der Waals surface area contributed by atoms with Crippen LogP contribution in [0.3, 0.4) is 0 Å². The third-order valence-corrected chi connectivity index (χ3v) is 4.64. The number of nitrogens with one attached hydrogen (secondary N) is 1. The van der Waals surface area contributed by atoms with E-state index < -0.39 is 0 Å². The van der Waals surface area contributed by atoms with Gasteiger partial charge in [0.25, 0.3) is 0 Å². The second kappa shape index (κ2) is 5.53. The summed E-state index contributed by atoms with van der Waals surface area (Å²) in [6.07, 6.45) is 9.23. The summed E-state index contributed by atoms with van der Waals surface area (Å²) in [4.78, 5) is 2.59. The Kier molecular flexibility index (Phi) is 4.26. The molecular formula is C15H28N2. The fourth-order valence-corrected chi connectivity index (χ4v) is 3.37. The van der Waals surface area contributed by atoms with Gasteiger partial charge in [0.05, 0.1) is 0 Å².